The van der Waals surface area contributed by atoms with E-state index >= 15 is 0 Å². The summed E-state index contributed by atoms with van der Waals surface area (Å²) >= 11 is 0. The van der Waals surface area contributed by atoms with Gasteiger partial charge in [0.2, 0.25) is 0 Å². The molecule has 0 aliphatic rings. The number of carboxylic acids is 2. The fourth-order valence-electron chi connectivity index (χ4n) is 2.47. The van der Waals surface area contributed by atoms with Gasteiger partial charge >= 0.3 is 11.9 Å². The number of carboxylic acid groups (broad SMARTS) is 2. The van der Waals surface area contributed by atoms with E-state index in [0.717, 1.165) is 12.6 Å². The Morgan fingerprint density at radius 1 is 0.962 bits per heavy atom. The number of nitrogens with zero attached hydrogens (tertiary/aromatic N) is 1. The van der Waals surface area contributed by atoms with Crippen molar-refractivity contribution in [3.63, 3.8) is 0 Å². The van der Waals surface area contributed by atoms with E-state index < -0.39 is 33.2 Å². The summed E-state index contributed by atoms with van der Waals surface area (Å²) in [5.74, 6) is -3.21. The summed E-state index contributed by atoms with van der Waals surface area (Å²) in [4.78, 5) is 24.0. The van der Waals surface area contributed by atoms with Crippen molar-refractivity contribution in [3.8, 4) is 0 Å². The Balaban J connectivity index is 2.67. The van der Waals surface area contributed by atoms with Crippen molar-refractivity contribution in [1.82, 2.24) is 4.72 Å². The SMILES string of the molecule is C/C(C(=O)O)=C(\NS(=O)(=O)c1cccc2c(N(C)C)cccc12)C(=O)O. The highest BCUT2D eigenvalue weighted by atomic mass is 32.2. The highest BCUT2D eigenvalue weighted by molar-refractivity contribution is 7.90. The molecule has 8 nitrogen and oxygen atoms in total. The van der Waals surface area contributed by atoms with Crippen molar-refractivity contribution < 1.29 is 28.2 Å². The molecule has 0 spiro atoms. The molecule has 0 amide bonds. The van der Waals surface area contributed by atoms with E-state index in [-0.39, 0.29) is 4.90 Å². The van der Waals surface area contributed by atoms with E-state index in [4.69, 9.17) is 5.11 Å². The topological polar surface area (TPSA) is 124 Å². The molecule has 2 rings (SSSR count). The number of carbonyl (C=O) groups is 2. The summed E-state index contributed by atoms with van der Waals surface area (Å²) in [5.41, 5.74) is -0.733. The van der Waals surface area contributed by atoms with Gasteiger partial charge in [-0.05, 0) is 19.1 Å². The number of nitrogens with one attached hydrogen (secondary N) is 1. The number of sulfonamides is 1. The molecule has 0 saturated carbocycles. The number of hydrogen-bond acceptors (Lipinski definition) is 5. The van der Waals surface area contributed by atoms with Crippen LogP contribution in [0.4, 0.5) is 5.69 Å². The maximum atomic E-state index is 12.8. The van der Waals surface area contributed by atoms with Crippen LogP contribution in [-0.2, 0) is 19.6 Å². The molecule has 138 valence electrons. The third kappa shape index (κ3) is 3.62. The van der Waals surface area contributed by atoms with E-state index in [2.05, 4.69) is 0 Å². The second-order valence-corrected chi connectivity index (χ2v) is 7.39. The van der Waals surface area contributed by atoms with Crippen LogP contribution in [0.1, 0.15) is 6.92 Å². The van der Waals surface area contributed by atoms with Crippen LogP contribution in [0, 0.1) is 0 Å². The van der Waals surface area contributed by atoms with Crippen molar-refractivity contribution in [2.75, 3.05) is 19.0 Å². The summed E-state index contributed by atoms with van der Waals surface area (Å²) in [6.07, 6.45) is 0. The number of hydrogen-bond donors (Lipinski definition) is 3. The van der Waals surface area contributed by atoms with Gasteiger partial charge in [-0.25, -0.2) is 18.0 Å². The third-order valence-electron chi connectivity index (χ3n) is 3.78. The highest BCUT2D eigenvalue weighted by Gasteiger charge is 2.25. The standard InChI is InChI=1S/C17H18N2O6S/c1-10(16(20)21)15(17(22)23)18-26(24,25)14-9-5-6-11-12(14)7-4-8-13(11)19(2)3/h4-9,18H,1-3H3,(H,20,21)(H,22,23)/b15-10+. The van der Waals surface area contributed by atoms with Crippen LogP contribution in [0.5, 0.6) is 0 Å². The minimum absolute atomic E-state index is 0.143. The zero-order chi connectivity index (χ0) is 19.6. The lowest BCUT2D eigenvalue weighted by atomic mass is 10.1. The number of aliphatic carboxylic acids is 2. The Labute approximate surface area is 150 Å². The summed E-state index contributed by atoms with van der Waals surface area (Å²) in [6, 6.07) is 9.74. The molecule has 2 aromatic carbocycles. The van der Waals surface area contributed by atoms with Gasteiger partial charge in [-0.15, -0.1) is 0 Å². The summed E-state index contributed by atoms with van der Waals surface area (Å²) in [6.45, 7) is 1.02. The maximum absolute atomic E-state index is 12.8. The normalized spacial score (nSPS) is 12.4. The van der Waals surface area contributed by atoms with Crippen LogP contribution in [-0.4, -0.2) is 44.7 Å². The maximum Gasteiger partial charge on any atom is 0.353 e. The Hall–Kier alpha value is -3.07. The van der Waals surface area contributed by atoms with E-state index in [0.29, 0.717) is 10.8 Å². The highest BCUT2D eigenvalue weighted by Crippen LogP contribution is 2.30. The smallest absolute Gasteiger partial charge is 0.353 e. The first-order chi connectivity index (χ1) is 12.1. The Bertz CT molecular complexity index is 1020. The first kappa shape index (κ1) is 19.3. The average Bonchev–Trinajstić information content (AvgIpc) is 2.57. The molecule has 0 fully saturated rings. The lowest BCUT2D eigenvalue weighted by molar-refractivity contribution is -0.136. The van der Waals surface area contributed by atoms with Crippen LogP contribution in [0.15, 0.2) is 52.6 Å². The van der Waals surface area contributed by atoms with Crippen LogP contribution < -0.4 is 9.62 Å². The van der Waals surface area contributed by atoms with Gasteiger partial charge in [0.05, 0.1) is 10.5 Å². The van der Waals surface area contributed by atoms with Crippen LogP contribution in [0.3, 0.4) is 0 Å². The minimum Gasteiger partial charge on any atom is -0.478 e. The zero-order valence-corrected chi connectivity index (χ0v) is 15.2. The van der Waals surface area contributed by atoms with Gasteiger partial charge in [0.1, 0.15) is 5.70 Å². The second kappa shape index (κ2) is 7.04. The predicted molar refractivity (Wildman–Crippen MR) is 96.6 cm³/mol. The third-order valence-corrected chi connectivity index (χ3v) is 5.18. The van der Waals surface area contributed by atoms with Crippen molar-refractivity contribution in [2.24, 2.45) is 0 Å². The largest absolute Gasteiger partial charge is 0.478 e. The molecular weight excluding hydrogens is 360 g/mol. The van der Waals surface area contributed by atoms with Crippen LogP contribution in [0.2, 0.25) is 0 Å². The van der Waals surface area contributed by atoms with Gasteiger partial charge in [-0.1, -0.05) is 24.3 Å². The molecular formula is C17H18N2O6S. The van der Waals surface area contributed by atoms with Gasteiger partial charge in [0.25, 0.3) is 10.0 Å². The fourth-order valence-corrected chi connectivity index (χ4v) is 3.81. The molecule has 2 aromatic rings. The molecule has 0 aliphatic carbocycles. The van der Waals surface area contributed by atoms with Gasteiger partial charge in [0, 0.05) is 30.6 Å². The predicted octanol–water partition coefficient (Wildman–Crippen LogP) is 1.63. The molecule has 0 bridgehead atoms. The summed E-state index contributed by atoms with van der Waals surface area (Å²) < 4.78 is 27.4. The average molecular weight is 378 g/mol. The molecule has 0 heterocycles. The van der Waals surface area contributed by atoms with Crippen molar-refractivity contribution in [2.45, 2.75) is 11.8 Å². The minimum atomic E-state index is -4.32. The van der Waals surface area contributed by atoms with Crippen LogP contribution >= 0.6 is 0 Å². The van der Waals surface area contributed by atoms with E-state index in [1.165, 1.54) is 12.1 Å². The molecule has 3 N–H and O–H groups in total. The number of anilines is 1. The number of rotatable bonds is 6. The summed E-state index contributed by atoms with van der Waals surface area (Å²) in [5, 5.41) is 19.2. The van der Waals surface area contributed by atoms with Gasteiger partial charge in [-0.2, -0.15) is 0 Å². The van der Waals surface area contributed by atoms with Crippen LogP contribution in [0.25, 0.3) is 10.8 Å². The number of benzene rings is 2. The molecule has 0 unspecified atom stereocenters. The molecule has 9 heteroatoms. The molecule has 0 aromatic heterocycles. The Kier molecular flexibility index (Phi) is 5.22. The molecule has 0 radical (unpaired) electrons. The molecule has 0 saturated heterocycles. The van der Waals surface area contributed by atoms with E-state index in [1.54, 1.807) is 18.2 Å². The monoisotopic (exact) mass is 378 g/mol. The Morgan fingerprint density at radius 3 is 2.08 bits per heavy atom. The van der Waals surface area contributed by atoms with Gasteiger partial charge in [0.15, 0.2) is 0 Å². The molecule has 0 atom stereocenters. The first-order valence-corrected chi connectivity index (χ1v) is 8.94. The van der Waals surface area contributed by atoms with Crippen molar-refractivity contribution in [1.29, 1.82) is 0 Å². The Morgan fingerprint density at radius 2 is 1.54 bits per heavy atom. The zero-order valence-electron chi connectivity index (χ0n) is 14.3. The first-order valence-electron chi connectivity index (χ1n) is 7.45. The van der Waals surface area contributed by atoms with Crippen molar-refractivity contribution in [3.05, 3.63) is 47.7 Å². The van der Waals surface area contributed by atoms with Gasteiger partial charge < -0.3 is 15.1 Å². The quantitative estimate of drug-likeness (QED) is 0.653. The fraction of sp³-hybridized carbons (Fsp3) is 0.176. The van der Waals surface area contributed by atoms with E-state index in [1.807, 2.05) is 29.8 Å². The summed E-state index contributed by atoms with van der Waals surface area (Å²) in [7, 11) is -0.692. The second-order valence-electron chi connectivity index (χ2n) is 5.74. The number of fused-ring (bicyclic) bond motifs is 1. The molecule has 0 aliphatic heterocycles. The van der Waals surface area contributed by atoms with E-state index in [9.17, 15) is 23.1 Å². The van der Waals surface area contributed by atoms with Crippen molar-refractivity contribution >= 4 is 38.4 Å². The van der Waals surface area contributed by atoms with Gasteiger partial charge in [-0.3, -0.25) is 4.72 Å². The lowest BCUT2D eigenvalue weighted by Crippen LogP contribution is -2.30. The lowest BCUT2D eigenvalue weighted by Gasteiger charge is -2.17. The molecule has 26 heavy (non-hydrogen) atoms.